The van der Waals surface area contributed by atoms with E-state index in [-0.39, 0.29) is 12.0 Å². The van der Waals surface area contributed by atoms with Crippen molar-refractivity contribution >= 4 is 12.0 Å². The van der Waals surface area contributed by atoms with Crippen molar-refractivity contribution < 1.29 is 13.9 Å². The van der Waals surface area contributed by atoms with Crippen LogP contribution in [0.5, 0.6) is 5.88 Å². The maximum Gasteiger partial charge on any atom is 0.246 e. The summed E-state index contributed by atoms with van der Waals surface area (Å²) in [5.74, 6) is 1.12. The number of carbonyl (C=O) groups is 1. The fourth-order valence-corrected chi connectivity index (χ4v) is 2.40. The third-order valence-corrected chi connectivity index (χ3v) is 3.46. The number of furan rings is 1. The minimum atomic E-state index is -0.0496. The summed E-state index contributed by atoms with van der Waals surface area (Å²) in [7, 11) is 0. The third-order valence-electron chi connectivity index (χ3n) is 3.46. The summed E-state index contributed by atoms with van der Waals surface area (Å²) in [5.41, 5.74) is 0. The quantitative estimate of drug-likeness (QED) is 0.809. The Morgan fingerprint density at radius 1 is 1.41 bits per heavy atom. The van der Waals surface area contributed by atoms with Crippen LogP contribution in [0.15, 0.2) is 47.2 Å². The van der Waals surface area contributed by atoms with E-state index in [1.165, 1.54) is 6.08 Å². The van der Waals surface area contributed by atoms with Gasteiger partial charge in [0.05, 0.1) is 12.8 Å². The van der Waals surface area contributed by atoms with Crippen LogP contribution in [0, 0.1) is 0 Å². The van der Waals surface area contributed by atoms with Crippen LogP contribution in [-0.2, 0) is 4.79 Å². The second-order valence-corrected chi connectivity index (χ2v) is 5.08. The molecule has 0 N–H and O–H groups in total. The first-order chi connectivity index (χ1) is 10.8. The summed E-state index contributed by atoms with van der Waals surface area (Å²) in [6.45, 7) is 1.29. The van der Waals surface area contributed by atoms with Crippen molar-refractivity contribution in [1.29, 1.82) is 0 Å². The van der Waals surface area contributed by atoms with Crippen LogP contribution >= 0.6 is 0 Å². The standard InChI is InChI=1S/C16H17N3O3/c20-16(8-7-13-5-3-11-21-13)19-10-2-4-14(12-19)22-15-6-1-9-17-18-15/h1,3,5-9,11,14H,2,4,10,12H2/b8-7+/t14-/m1/s1. The maximum absolute atomic E-state index is 12.2. The zero-order chi connectivity index (χ0) is 15.2. The molecule has 1 aliphatic rings. The first-order valence-electron chi connectivity index (χ1n) is 7.26. The van der Waals surface area contributed by atoms with Gasteiger partial charge in [0.2, 0.25) is 11.8 Å². The van der Waals surface area contributed by atoms with Crippen molar-refractivity contribution in [3.8, 4) is 5.88 Å². The molecule has 1 fully saturated rings. The molecule has 22 heavy (non-hydrogen) atoms. The van der Waals surface area contributed by atoms with Gasteiger partial charge in [0, 0.05) is 24.9 Å². The molecule has 0 aromatic carbocycles. The smallest absolute Gasteiger partial charge is 0.246 e. The topological polar surface area (TPSA) is 68.5 Å². The summed E-state index contributed by atoms with van der Waals surface area (Å²) >= 11 is 0. The Hall–Kier alpha value is -2.63. The lowest BCUT2D eigenvalue weighted by molar-refractivity contribution is -0.128. The molecule has 0 saturated carbocycles. The number of hydrogen-bond acceptors (Lipinski definition) is 5. The molecule has 1 aliphatic heterocycles. The molecule has 114 valence electrons. The number of carbonyl (C=O) groups excluding carboxylic acids is 1. The second kappa shape index (κ2) is 6.89. The van der Waals surface area contributed by atoms with Gasteiger partial charge in [-0.1, -0.05) is 0 Å². The predicted octanol–water partition coefficient (Wildman–Crippen LogP) is 2.15. The highest BCUT2D eigenvalue weighted by Crippen LogP contribution is 2.16. The highest BCUT2D eigenvalue weighted by molar-refractivity contribution is 5.91. The Morgan fingerprint density at radius 3 is 3.14 bits per heavy atom. The van der Waals surface area contributed by atoms with E-state index in [4.69, 9.17) is 9.15 Å². The van der Waals surface area contributed by atoms with Crippen molar-refractivity contribution in [2.45, 2.75) is 18.9 Å². The Labute approximate surface area is 128 Å². The van der Waals surface area contributed by atoms with Gasteiger partial charge in [0.15, 0.2) is 0 Å². The SMILES string of the molecule is O=C(/C=C/c1ccco1)N1CCC[C@@H](Oc2cccnn2)C1. The molecule has 2 aromatic rings. The lowest BCUT2D eigenvalue weighted by Crippen LogP contribution is -2.43. The molecule has 1 saturated heterocycles. The van der Waals surface area contributed by atoms with Crippen molar-refractivity contribution in [1.82, 2.24) is 15.1 Å². The van der Waals surface area contributed by atoms with E-state index in [1.807, 2.05) is 0 Å². The molecule has 0 spiro atoms. The number of hydrogen-bond donors (Lipinski definition) is 0. The van der Waals surface area contributed by atoms with Crippen LogP contribution in [0.1, 0.15) is 18.6 Å². The number of piperidine rings is 1. The lowest BCUT2D eigenvalue weighted by atomic mass is 10.1. The lowest BCUT2D eigenvalue weighted by Gasteiger charge is -2.31. The maximum atomic E-state index is 12.2. The summed E-state index contributed by atoms with van der Waals surface area (Å²) < 4.78 is 10.9. The molecule has 0 radical (unpaired) electrons. The first kappa shape index (κ1) is 14.3. The monoisotopic (exact) mass is 299 g/mol. The molecule has 1 atom stereocenters. The van der Waals surface area contributed by atoms with E-state index < -0.39 is 0 Å². The molecule has 0 bridgehead atoms. The van der Waals surface area contributed by atoms with Gasteiger partial charge in [-0.25, -0.2) is 0 Å². The Balaban J connectivity index is 1.57. The summed E-state index contributed by atoms with van der Waals surface area (Å²) in [6, 6.07) is 7.14. The molecule has 0 unspecified atom stereocenters. The average molecular weight is 299 g/mol. The minimum absolute atomic E-state index is 0.0381. The fourth-order valence-electron chi connectivity index (χ4n) is 2.40. The van der Waals surface area contributed by atoms with Crippen molar-refractivity contribution in [3.63, 3.8) is 0 Å². The van der Waals surface area contributed by atoms with E-state index in [0.29, 0.717) is 18.2 Å². The van der Waals surface area contributed by atoms with Gasteiger partial charge in [-0.3, -0.25) is 4.79 Å². The van der Waals surface area contributed by atoms with E-state index in [0.717, 1.165) is 19.4 Å². The van der Waals surface area contributed by atoms with Crippen LogP contribution in [-0.4, -0.2) is 40.2 Å². The molecule has 0 aliphatic carbocycles. The van der Waals surface area contributed by atoms with E-state index in [1.54, 1.807) is 47.7 Å². The zero-order valence-corrected chi connectivity index (χ0v) is 12.1. The van der Waals surface area contributed by atoms with Gasteiger partial charge >= 0.3 is 0 Å². The van der Waals surface area contributed by atoms with Crippen molar-refractivity contribution in [3.05, 3.63) is 48.6 Å². The van der Waals surface area contributed by atoms with Crippen LogP contribution in [0.25, 0.3) is 6.08 Å². The first-order valence-corrected chi connectivity index (χ1v) is 7.26. The number of ether oxygens (including phenoxy) is 1. The van der Waals surface area contributed by atoms with Crippen molar-refractivity contribution in [2.75, 3.05) is 13.1 Å². The molecule has 6 nitrogen and oxygen atoms in total. The van der Waals surface area contributed by atoms with E-state index in [2.05, 4.69) is 10.2 Å². The number of rotatable bonds is 4. The normalized spacial score (nSPS) is 18.5. The molecular formula is C16H17N3O3. The Kier molecular flexibility index (Phi) is 4.48. The second-order valence-electron chi connectivity index (χ2n) is 5.08. The van der Waals surface area contributed by atoms with Crippen LogP contribution in [0.3, 0.4) is 0 Å². The van der Waals surface area contributed by atoms with Crippen LogP contribution in [0.4, 0.5) is 0 Å². The molecule has 3 heterocycles. The average Bonchev–Trinajstić information content (AvgIpc) is 3.07. The minimum Gasteiger partial charge on any atom is -0.471 e. The summed E-state index contributed by atoms with van der Waals surface area (Å²) in [4.78, 5) is 14.0. The third kappa shape index (κ3) is 3.72. The van der Waals surface area contributed by atoms with Gasteiger partial charge in [0.1, 0.15) is 11.9 Å². The highest BCUT2D eigenvalue weighted by atomic mass is 16.5. The highest BCUT2D eigenvalue weighted by Gasteiger charge is 2.24. The van der Waals surface area contributed by atoms with Gasteiger partial charge in [-0.2, -0.15) is 5.10 Å². The van der Waals surface area contributed by atoms with E-state index >= 15 is 0 Å². The largest absolute Gasteiger partial charge is 0.471 e. The summed E-state index contributed by atoms with van der Waals surface area (Å²) in [6.07, 6.45) is 8.15. The van der Waals surface area contributed by atoms with E-state index in [9.17, 15) is 4.79 Å². The molecule has 6 heteroatoms. The Bertz CT molecular complexity index is 625. The van der Waals surface area contributed by atoms with Gasteiger partial charge < -0.3 is 14.1 Å². The number of amides is 1. The fraction of sp³-hybridized carbons (Fsp3) is 0.312. The van der Waals surface area contributed by atoms with Gasteiger partial charge in [-0.15, -0.1) is 5.10 Å². The van der Waals surface area contributed by atoms with Gasteiger partial charge in [-0.05, 0) is 37.1 Å². The summed E-state index contributed by atoms with van der Waals surface area (Å²) in [5, 5.41) is 7.70. The van der Waals surface area contributed by atoms with Gasteiger partial charge in [0.25, 0.3) is 0 Å². The van der Waals surface area contributed by atoms with Crippen LogP contribution in [0.2, 0.25) is 0 Å². The van der Waals surface area contributed by atoms with Crippen molar-refractivity contribution in [2.24, 2.45) is 0 Å². The Morgan fingerprint density at radius 2 is 2.36 bits per heavy atom. The number of aromatic nitrogens is 2. The molecule has 1 amide bonds. The number of likely N-dealkylation sites (tertiary alicyclic amines) is 1. The predicted molar refractivity (Wildman–Crippen MR) is 80.0 cm³/mol. The molecule has 3 rings (SSSR count). The zero-order valence-electron chi connectivity index (χ0n) is 12.1. The number of nitrogens with zero attached hydrogens (tertiary/aromatic N) is 3. The van der Waals surface area contributed by atoms with Crippen LogP contribution < -0.4 is 4.74 Å². The molecular weight excluding hydrogens is 282 g/mol. The molecule has 2 aromatic heterocycles.